The van der Waals surface area contributed by atoms with Crippen LogP contribution in [0.3, 0.4) is 0 Å². The number of methoxy groups -OCH3 is 1. The van der Waals surface area contributed by atoms with Crippen molar-refractivity contribution in [1.29, 1.82) is 0 Å². The molecule has 7 heteroatoms. The van der Waals surface area contributed by atoms with Crippen LogP contribution >= 0.6 is 11.6 Å². The molecule has 1 unspecified atom stereocenters. The van der Waals surface area contributed by atoms with E-state index >= 15 is 0 Å². The number of hydrogen-bond acceptors (Lipinski definition) is 4. The molecule has 6 nitrogen and oxygen atoms in total. The van der Waals surface area contributed by atoms with Crippen molar-refractivity contribution in [2.75, 3.05) is 31.7 Å². The molecule has 3 rings (SSSR count). The number of nitrogens with zero attached hydrogens (tertiary/aromatic N) is 1. The van der Waals surface area contributed by atoms with Gasteiger partial charge in [0.25, 0.3) is 11.8 Å². The van der Waals surface area contributed by atoms with E-state index in [1.54, 1.807) is 42.3 Å². The van der Waals surface area contributed by atoms with E-state index < -0.39 is 0 Å². The zero-order valence-electron chi connectivity index (χ0n) is 14.3. The second kappa shape index (κ2) is 8.21. The highest BCUT2D eigenvalue weighted by atomic mass is 35.5. The summed E-state index contributed by atoms with van der Waals surface area (Å²) in [5.74, 6) is 0.309. The van der Waals surface area contributed by atoms with Crippen LogP contribution in [0.25, 0.3) is 0 Å². The van der Waals surface area contributed by atoms with Crippen molar-refractivity contribution in [3.8, 4) is 5.75 Å². The molecule has 1 aliphatic rings. The number of ether oxygens (including phenoxy) is 2. The lowest BCUT2D eigenvalue weighted by atomic mass is 10.2. The number of amides is 2. The lowest BCUT2D eigenvalue weighted by Gasteiger charge is -2.33. The number of carbonyl (C=O) groups excluding carboxylic acids is 2. The predicted molar refractivity (Wildman–Crippen MR) is 98.9 cm³/mol. The van der Waals surface area contributed by atoms with E-state index in [-0.39, 0.29) is 24.5 Å². The summed E-state index contributed by atoms with van der Waals surface area (Å²) in [6.07, 6.45) is -0.304. The van der Waals surface area contributed by atoms with Gasteiger partial charge in [-0.2, -0.15) is 0 Å². The van der Waals surface area contributed by atoms with E-state index in [0.29, 0.717) is 29.4 Å². The summed E-state index contributed by atoms with van der Waals surface area (Å²) in [5, 5.41) is 3.32. The molecule has 2 aromatic carbocycles. The summed E-state index contributed by atoms with van der Waals surface area (Å²) in [6, 6.07) is 14.0. The van der Waals surface area contributed by atoms with Crippen molar-refractivity contribution in [2.24, 2.45) is 0 Å². The Morgan fingerprint density at radius 1 is 1.31 bits per heavy atom. The van der Waals surface area contributed by atoms with E-state index in [2.05, 4.69) is 5.32 Å². The maximum atomic E-state index is 12.2. The number of halogens is 1. The number of rotatable bonds is 5. The summed E-state index contributed by atoms with van der Waals surface area (Å²) < 4.78 is 10.8. The number of carbonyl (C=O) groups is 2. The first-order valence-electron chi connectivity index (χ1n) is 8.16. The molecule has 26 heavy (non-hydrogen) atoms. The molecule has 1 saturated heterocycles. The van der Waals surface area contributed by atoms with Crippen molar-refractivity contribution in [2.45, 2.75) is 6.10 Å². The Kier molecular flexibility index (Phi) is 5.75. The summed E-state index contributed by atoms with van der Waals surface area (Å²) in [7, 11) is 1.58. The van der Waals surface area contributed by atoms with E-state index in [0.717, 1.165) is 5.69 Å². The molecule has 2 aromatic rings. The molecule has 0 spiro atoms. The van der Waals surface area contributed by atoms with Crippen molar-refractivity contribution < 1.29 is 19.1 Å². The number of benzene rings is 2. The zero-order chi connectivity index (χ0) is 18.5. The average molecular weight is 375 g/mol. The van der Waals surface area contributed by atoms with Crippen LogP contribution in [0, 0.1) is 0 Å². The monoisotopic (exact) mass is 374 g/mol. The van der Waals surface area contributed by atoms with Crippen LogP contribution in [0.15, 0.2) is 48.5 Å². The van der Waals surface area contributed by atoms with Gasteiger partial charge in [0, 0.05) is 28.9 Å². The Balaban J connectivity index is 1.62. The first-order valence-corrected chi connectivity index (χ1v) is 8.54. The highest BCUT2D eigenvalue weighted by molar-refractivity contribution is 6.30. The van der Waals surface area contributed by atoms with Gasteiger partial charge in [-0.1, -0.05) is 23.7 Å². The van der Waals surface area contributed by atoms with E-state index in [1.165, 1.54) is 0 Å². The van der Waals surface area contributed by atoms with Gasteiger partial charge in [0.15, 0.2) is 0 Å². The third-order valence-electron chi connectivity index (χ3n) is 4.07. The second-order valence-electron chi connectivity index (χ2n) is 5.86. The normalized spacial score (nSPS) is 17.1. The van der Waals surface area contributed by atoms with Crippen LogP contribution in [-0.2, 0) is 9.53 Å². The Bertz CT molecular complexity index is 812. The lowest BCUT2D eigenvalue weighted by molar-refractivity contribution is -0.129. The SMILES string of the molecule is COc1cccc(N2CC(CNC(=O)c3cccc(Cl)c3)OCC2=O)c1. The number of hydrogen-bond donors (Lipinski definition) is 1. The van der Waals surface area contributed by atoms with Gasteiger partial charge in [0.2, 0.25) is 0 Å². The topological polar surface area (TPSA) is 67.9 Å². The van der Waals surface area contributed by atoms with Crippen molar-refractivity contribution >= 4 is 29.1 Å². The Morgan fingerprint density at radius 3 is 2.88 bits per heavy atom. The van der Waals surface area contributed by atoms with Crippen LogP contribution < -0.4 is 15.0 Å². The Hall–Kier alpha value is -2.57. The number of anilines is 1. The summed E-state index contributed by atoms with van der Waals surface area (Å²) in [6.45, 7) is 0.607. The highest BCUT2D eigenvalue weighted by Gasteiger charge is 2.28. The van der Waals surface area contributed by atoms with Gasteiger partial charge in [0.05, 0.1) is 19.8 Å². The standard InChI is InChI=1S/C19H19ClN2O4/c1-25-16-7-3-6-15(9-16)22-11-17(26-12-18(22)23)10-21-19(24)13-4-2-5-14(20)8-13/h2-9,17H,10-12H2,1H3,(H,21,24). The number of nitrogens with one attached hydrogen (secondary N) is 1. The van der Waals surface area contributed by atoms with Crippen molar-refractivity contribution in [3.63, 3.8) is 0 Å². The minimum atomic E-state index is -0.304. The number of morpholine rings is 1. The molecule has 1 heterocycles. The maximum Gasteiger partial charge on any atom is 0.253 e. The van der Waals surface area contributed by atoms with Crippen LogP contribution in [0.1, 0.15) is 10.4 Å². The third kappa shape index (κ3) is 4.33. The molecule has 136 valence electrons. The minimum Gasteiger partial charge on any atom is -0.497 e. The molecule has 0 radical (unpaired) electrons. The molecule has 1 N–H and O–H groups in total. The Labute approximate surface area is 156 Å². The smallest absolute Gasteiger partial charge is 0.253 e. The van der Waals surface area contributed by atoms with Gasteiger partial charge < -0.3 is 19.7 Å². The van der Waals surface area contributed by atoms with Gasteiger partial charge in [-0.05, 0) is 30.3 Å². The van der Waals surface area contributed by atoms with Crippen molar-refractivity contribution in [1.82, 2.24) is 5.32 Å². The zero-order valence-corrected chi connectivity index (χ0v) is 15.0. The first kappa shape index (κ1) is 18.2. The van der Waals surface area contributed by atoms with E-state index in [1.807, 2.05) is 18.2 Å². The quantitative estimate of drug-likeness (QED) is 0.873. The van der Waals surface area contributed by atoms with Gasteiger partial charge in [-0.25, -0.2) is 0 Å². The molecule has 0 saturated carbocycles. The van der Waals surface area contributed by atoms with Crippen LogP contribution in [0.5, 0.6) is 5.75 Å². The molecule has 1 aliphatic heterocycles. The van der Waals surface area contributed by atoms with Gasteiger partial charge in [0.1, 0.15) is 12.4 Å². The summed E-state index contributed by atoms with van der Waals surface area (Å²) in [4.78, 5) is 26.1. The van der Waals surface area contributed by atoms with Crippen molar-refractivity contribution in [3.05, 3.63) is 59.1 Å². The Morgan fingerprint density at radius 2 is 2.12 bits per heavy atom. The summed E-state index contributed by atoms with van der Waals surface area (Å²) >= 11 is 5.91. The highest BCUT2D eigenvalue weighted by Crippen LogP contribution is 2.23. The van der Waals surface area contributed by atoms with Gasteiger partial charge in [-0.3, -0.25) is 9.59 Å². The van der Waals surface area contributed by atoms with Gasteiger partial charge >= 0.3 is 0 Å². The van der Waals surface area contributed by atoms with Crippen LogP contribution in [0.4, 0.5) is 5.69 Å². The fourth-order valence-corrected chi connectivity index (χ4v) is 2.91. The largest absolute Gasteiger partial charge is 0.497 e. The fourth-order valence-electron chi connectivity index (χ4n) is 2.71. The average Bonchev–Trinajstić information content (AvgIpc) is 2.67. The molecule has 0 aliphatic carbocycles. The van der Waals surface area contributed by atoms with Crippen LogP contribution in [-0.4, -0.2) is 44.7 Å². The molecule has 1 atom stereocenters. The van der Waals surface area contributed by atoms with Crippen LogP contribution in [0.2, 0.25) is 5.02 Å². The summed E-state index contributed by atoms with van der Waals surface area (Å²) in [5.41, 5.74) is 1.22. The molecular formula is C19H19ClN2O4. The van der Waals surface area contributed by atoms with Gasteiger partial charge in [-0.15, -0.1) is 0 Å². The molecular weight excluding hydrogens is 356 g/mol. The minimum absolute atomic E-state index is 0.0328. The van der Waals surface area contributed by atoms with E-state index in [4.69, 9.17) is 21.1 Å². The lowest BCUT2D eigenvalue weighted by Crippen LogP contribution is -2.50. The predicted octanol–water partition coefficient (Wildman–Crippen LogP) is 2.51. The fraction of sp³-hybridized carbons (Fsp3) is 0.263. The molecule has 0 bridgehead atoms. The second-order valence-corrected chi connectivity index (χ2v) is 6.30. The molecule has 0 aromatic heterocycles. The maximum absolute atomic E-state index is 12.2. The van der Waals surface area contributed by atoms with E-state index in [9.17, 15) is 9.59 Å². The molecule has 1 fully saturated rings. The third-order valence-corrected chi connectivity index (χ3v) is 4.31. The first-order chi connectivity index (χ1) is 12.6. The molecule has 2 amide bonds.